The van der Waals surface area contributed by atoms with Crippen molar-refractivity contribution in [1.29, 1.82) is 0 Å². The summed E-state index contributed by atoms with van der Waals surface area (Å²) in [7, 11) is 0. The van der Waals surface area contributed by atoms with E-state index in [4.69, 9.17) is 17.3 Å². The van der Waals surface area contributed by atoms with Gasteiger partial charge in [0.25, 0.3) is 0 Å². The van der Waals surface area contributed by atoms with Crippen molar-refractivity contribution in [3.05, 3.63) is 21.3 Å². The van der Waals surface area contributed by atoms with Crippen LogP contribution in [0.1, 0.15) is 43.9 Å². The zero-order chi connectivity index (χ0) is 11.6. The van der Waals surface area contributed by atoms with E-state index in [2.05, 4.69) is 13.0 Å². The first-order chi connectivity index (χ1) is 7.61. The standard InChI is InChI=1S/C13H20ClNS/c1-2-10-5-7-13(15,8-6-10)9-11-3-4-12(14)16-11/h3-4,10H,2,5-9,15H2,1H3. The van der Waals surface area contributed by atoms with Crippen molar-refractivity contribution in [3.8, 4) is 0 Å². The summed E-state index contributed by atoms with van der Waals surface area (Å²) in [4.78, 5) is 1.34. The summed E-state index contributed by atoms with van der Waals surface area (Å²) in [6, 6.07) is 4.09. The van der Waals surface area contributed by atoms with Gasteiger partial charge >= 0.3 is 0 Å². The van der Waals surface area contributed by atoms with Gasteiger partial charge in [0.2, 0.25) is 0 Å². The van der Waals surface area contributed by atoms with Crippen molar-refractivity contribution in [3.63, 3.8) is 0 Å². The highest BCUT2D eigenvalue weighted by Gasteiger charge is 2.31. The summed E-state index contributed by atoms with van der Waals surface area (Å²) in [5, 5.41) is 0. The van der Waals surface area contributed by atoms with Gasteiger partial charge in [-0.15, -0.1) is 11.3 Å². The highest BCUT2D eigenvalue weighted by molar-refractivity contribution is 7.16. The maximum absolute atomic E-state index is 6.48. The maximum atomic E-state index is 6.48. The van der Waals surface area contributed by atoms with Gasteiger partial charge in [0.1, 0.15) is 0 Å². The lowest BCUT2D eigenvalue weighted by Crippen LogP contribution is -2.45. The van der Waals surface area contributed by atoms with E-state index in [1.54, 1.807) is 11.3 Å². The van der Waals surface area contributed by atoms with Gasteiger partial charge in [0.15, 0.2) is 0 Å². The number of hydrogen-bond acceptors (Lipinski definition) is 2. The Kier molecular flexibility index (Phi) is 3.93. The Morgan fingerprint density at radius 2 is 2.12 bits per heavy atom. The van der Waals surface area contributed by atoms with Crippen LogP contribution in [-0.2, 0) is 6.42 Å². The molecule has 1 nitrogen and oxygen atoms in total. The fraction of sp³-hybridized carbons (Fsp3) is 0.692. The Labute approximate surface area is 107 Å². The second-order valence-electron chi connectivity index (χ2n) is 5.10. The highest BCUT2D eigenvalue weighted by Crippen LogP contribution is 2.35. The van der Waals surface area contributed by atoms with Crippen LogP contribution >= 0.6 is 22.9 Å². The Morgan fingerprint density at radius 1 is 1.44 bits per heavy atom. The Morgan fingerprint density at radius 3 is 2.62 bits per heavy atom. The van der Waals surface area contributed by atoms with Crippen molar-refractivity contribution in [2.75, 3.05) is 0 Å². The molecule has 1 heterocycles. The number of hydrogen-bond donors (Lipinski definition) is 1. The molecule has 3 heteroatoms. The summed E-state index contributed by atoms with van der Waals surface area (Å²) < 4.78 is 0.876. The topological polar surface area (TPSA) is 26.0 Å². The largest absolute Gasteiger partial charge is 0.325 e. The van der Waals surface area contributed by atoms with Crippen molar-refractivity contribution in [2.24, 2.45) is 11.7 Å². The molecule has 0 spiro atoms. The monoisotopic (exact) mass is 257 g/mol. The summed E-state index contributed by atoms with van der Waals surface area (Å²) in [6.07, 6.45) is 7.24. The summed E-state index contributed by atoms with van der Waals surface area (Å²) in [6.45, 7) is 2.28. The number of rotatable bonds is 3. The van der Waals surface area contributed by atoms with Crippen LogP contribution in [0.25, 0.3) is 0 Å². The highest BCUT2D eigenvalue weighted by atomic mass is 35.5. The normalized spacial score (nSPS) is 30.6. The molecule has 0 atom stereocenters. The molecule has 1 aromatic heterocycles. The zero-order valence-electron chi connectivity index (χ0n) is 9.84. The lowest BCUT2D eigenvalue weighted by Gasteiger charge is -2.36. The van der Waals surface area contributed by atoms with Crippen LogP contribution in [0.2, 0.25) is 4.34 Å². The Hall–Kier alpha value is -0.0500. The van der Waals surface area contributed by atoms with E-state index in [1.165, 1.54) is 37.0 Å². The summed E-state index contributed by atoms with van der Waals surface area (Å²) in [5.41, 5.74) is 6.51. The van der Waals surface area contributed by atoms with Gasteiger partial charge < -0.3 is 5.73 Å². The molecular formula is C13H20ClNS. The third-order valence-electron chi connectivity index (χ3n) is 3.83. The van der Waals surface area contributed by atoms with Crippen LogP contribution in [0.4, 0.5) is 0 Å². The fourth-order valence-electron chi connectivity index (χ4n) is 2.63. The van der Waals surface area contributed by atoms with Crippen molar-refractivity contribution < 1.29 is 0 Å². The minimum atomic E-state index is 0.0276. The molecule has 16 heavy (non-hydrogen) atoms. The number of nitrogens with two attached hydrogens (primary N) is 1. The van der Waals surface area contributed by atoms with Crippen LogP contribution in [-0.4, -0.2) is 5.54 Å². The predicted molar refractivity (Wildman–Crippen MR) is 72.2 cm³/mol. The van der Waals surface area contributed by atoms with E-state index >= 15 is 0 Å². The molecule has 0 radical (unpaired) electrons. The van der Waals surface area contributed by atoms with Gasteiger partial charge in [0.05, 0.1) is 4.34 Å². The number of halogens is 1. The average Bonchev–Trinajstić information content (AvgIpc) is 2.64. The molecule has 1 aromatic rings. The van der Waals surface area contributed by atoms with Crippen LogP contribution < -0.4 is 5.73 Å². The van der Waals surface area contributed by atoms with Gasteiger partial charge in [-0.1, -0.05) is 24.9 Å². The first-order valence-corrected chi connectivity index (χ1v) is 7.34. The molecule has 0 unspecified atom stereocenters. The van der Waals surface area contributed by atoms with Crippen LogP contribution in [0.5, 0.6) is 0 Å². The first kappa shape index (κ1) is 12.4. The van der Waals surface area contributed by atoms with Crippen LogP contribution in [0, 0.1) is 5.92 Å². The molecule has 1 fully saturated rings. The minimum absolute atomic E-state index is 0.0276. The van der Waals surface area contributed by atoms with Crippen molar-refractivity contribution in [1.82, 2.24) is 0 Å². The van der Waals surface area contributed by atoms with E-state index in [0.29, 0.717) is 0 Å². The van der Waals surface area contributed by atoms with E-state index in [1.807, 2.05) is 6.07 Å². The van der Waals surface area contributed by atoms with E-state index in [0.717, 1.165) is 16.7 Å². The lowest BCUT2D eigenvalue weighted by molar-refractivity contribution is 0.229. The molecule has 1 saturated carbocycles. The molecule has 0 amide bonds. The van der Waals surface area contributed by atoms with Gasteiger partial charge in [-0.3, -0.25) is 0 Å². The molecule has 0 bridgehead atoms. The van der Waals surface area contributed by atoms with Crippen molar-refractivity contribution >= 4 is 22.9 Å². The molecular weight excluding hydrogens is 238 g/mol. The number of thiophene rings is 1. The van der Waals surface area contributed by atoms with E-state index in [-0.39, 0.29) is 5.54 Å². The predicted octanol–water partition coefficient (Wildman–Crippen LogP) is 4.24. The molecule has 1 aliphatic carbocycles. The van der Waals surface area contributed by atoms with Crippen LogP contribution in [0.15, 0.2) is 12.1 Å². The Balaban J connectivity index is 1.94. The molecule has 0 aromatic carbocycles. The second-order valence-corrected chi connectivity index (χ2v) is 6.90. The average molecular weight is 258 g/mol. The van der Waals surface area contributed by atoms with E-state index < -0.39 is 0 Å². The van der Waals surface area contributed by atoms with Gasteiger partial charge in [-0.2, -0.15) is 0 Å². The fourth-order valence-corrected chi connectivity index (χ4v) is 3.87. The van der Waals surface area contributed by atoms with E-state index in [9.17, 15) is 0 Å². The maximum Gasteiger partial charge on any atom is 0.0931 e. The van der Waals surface area contributed by atoms with Gasteiger partial charge in [-0.25, -0.2) is 0 Å². The van der Waals surface area contributed by atoms with Crippen molar-refractivity contribution in [2.45, 2.75) is 51.0 Å². The van der Waals surface area contributed by atoms with Gasteiger partial charge in [-0.05, 0) is 50.2 Å². The summed E-state index contributed by atoms with van der Waals surface area (Å²) in [5.74, 6) is 0.906. The Bertz CT molecular complexity index is 339. The molecule has 0 aliphatic heterocycles. The first-order valence-electron chi connectivity index (χ1n) is 6.14. The minimum Gasteiger partial charge on any atom is -0.325 e. The quantitative estimate of drug-likeness (QED) is 0.861. The molecule has 2 rings (SSSR count). The SMILES string of the molecule is CCC1CCC(N)(Cc2ccc(Cl)s2)CC1. The van der Waals surface area contributed by atoms with Crippen LogP contribution in [0.3, 0.4) is 0 Å². The zero-order valence-corrected chi connectivity index (χ0v) is 11.4. The molecule has 1 aliphatic rings. The third-order valence-corrected chi connectivity index (χ3v) is 5.06. The third kappa shape index (κ3) is 2.99. The summed E-state index contributed by atoms with van der Waals surface area (Å²) >= 11 is 7.62. The smallest absolute Gasteiger partial charge is 0.0931 e. The lowest BCUT2D eigenvalue weighted by atomic mass is 9.74. The molecule has 2 N–H and O–H groups in total. The molecule has 0 saturated heterocycles. The molecule has 90 valence electrons. The second kappa shape index (κ2) is 5.07. The van der Waals surface area contributed by atoms with Gasteiger partial charge in [0, 0.05) is 10.4 Å².